The molecule has 0 N–H and O–H groups in total. The average molecular weight is 556 g/mol. The van der Waals surface area contributed by atoms with Crippen LogP contribution in [-0.4, -0.2) is 29.4 Å². The summed E-state index contributed by atoms with van der Waals surface area (Å²) in [6.45, 7) is 10.2. The van der Waals surface area contributed by atoms with Crippen molar-refractivity contribution >= 4 is 28.0 Å². The number of carbonyl (C=O) groups is 1. The third-order valence-electron chi connectivity index (χ3n) is 7.48. The summed E-state index contributed by atoms with van der Waals surface area (Å²) in [6, 6.07) is 17.3. The van der Waals surface area contributed by atoms with E-state index in [2.05, 4.69) is 45.9 Å². The van der Waals surface area contributed by atoms with Crippen LogP contribution in [0.4, 0.5) is 4.79 Å². The SMILES string of the molecule is CCC[CH2][Sn]([CH2]CCC)([CH2]CCC)[c]1ccc2c(c1)C(C)N(C(=O)OCc1ccccc1)C2. The molecule has 0 spiro atoms. The second kappa shape index (κ2) is 12.8. The summed E-state index contributed by atoms with van der Waals surface area (Å²) >= 11 is -2.48. The van der Waals surface area contributed by atoms with E-state index >= 15 is 0 Å². The summed E-state index contributed by atoms with van der Waals surface area (Å²) in [5.74, 6) is 0. The van der Waals surface area contributed by atoms with Crippen molar-refractivity contribution in [3.63, 3.8) is 0 Å². The first-order valence-electron chi connectivity index (χ1n) is 13.1. The molecule has 0 aliphatic carbocycles. The second-order valence-corrected chi connectivity index (χ2v) is 23.1. The van der Waals surface area contributed by atoms with Crippen LogP contribution in [0.3, 0.4) is 0 Å². The van der Waals surface area contributed by atoms with Crippen molar-refractivity contribution in [3.05, 3.63) is 65.2 Å². The maximum atomic E-state index is 12.9. The molecule has 1 unspecified atom stereocenters. The Morgan fingerprint density at radius 3 is 2.12 bits per heavy atom. The van der Waals surface area contributed by atoms with Gasteiger partial charge < -0.3 is 0 Å². The van der Waals surface area contributed by atoms with Crippen LogP contribution >= 0.6 is 0 Å². The molecule has 3 nitrogen and oxygen atoms in total. The van der Waals surface area contributed by atoms with Crippen molar-refractivity contribution in [1.29, 1.82) is 0 Å². The van der Waals surface area contributed by atoms with E-state index < -0.39 is 18.4 Å². The number of hydrogen-bond donors (Lipinski definition) is 0. The molecule has 1 amide bonds. The molecule has 1 aliphatic heterocycles. The van der Waals surface area contributed by atoms with Gasteiger partial charge in [0.1, 0.15) is 0 Å². The van der Waals surface area contributed by atoms with Crippen LogP contribution in [0.2, 0.25) is 13.3 Å². The Bertz CT molecular complexity index is 861. The molecule has 4 heteroatoms. The van der Waals surface area contributed by atoms with Crippen LogP contribution in [0.5, 0.6) is 0 Å². The van der Waals surface area contributed by atoms with Gasteiger partial charge in [0, 0.05) is 0 Å². The number of nitrogens with zero attached hydrogens (tertiary/aromatic N) is 1. The molecule has 0 saturated heterocycles. The Kier molecular flexibility index (Phi) is 10.2. The third-order valence-corrected chi connectivity index (χ3v) is 23.1. The van der Waals surface area contributed by atoms with E-state index in [0.29, 0.717) is 13.2 Å². The van der Waals surface area contributed by atoms with Gasteiger partial charge in [-0.1, -0.05) is 0 Å². The van der Waals surface area contributed by atoms with E-state index in [1.807, 2.05) is 35.2 Å². The Hall–Kier alpha value is -1.49. The number of unbranched alkanes of at least 4 members (excludes halogenated alkanes) is 3. The van der Waals surface area contributed by atoms with Crippen LogP contribution in [0, 0.1) is 0 Å². The van der Waals surface area contributed by atoms with Gasteiger partial charge in [0.15, 0.2) is 0 Å². The summed E-state index contributed by atoms with van der Waals surface area (Å²) in [7, 11) is 0. The van der Waals surface area contributed by atoms with Crippen LogP contribution in [0.1, 0.15) is 89.0 Å². The number of ether oxygens (including phenoxy) is 1. The van der Waals surface area contributed by atoms with Gasteiger partial charge in [-0.05, 0) is 0 Å². The van der Waals surface area contributed by atoms with E-state index in [1.165, 1.54) is 63.0 Å². The molecule has 1 atom stereocenters. The number of rotatable bonds is 12. The normalized spacial score (nSPS) is 15.5. The van der Waals surface area contributed by atoms with Crippen molar-refractivity contribution in [3.8, 4) is 0 Å². The molecule has 33 heavy (non-hydrogen) atoms. The van der Waals surface area contributed by atoms with Crippen molar-refractivity contribution in [2.75, 3.05) is 0 Å². The molecule has 0 fully saturated rings. The number of carbonyl (C=O) groups excluding carboxylic acids is 1. The van der Waals surface area contributed by atoms with E-state index in [9.17, 15) is 4.79 Å². The van der Waals surface area contributed by atoms with Gasteiger partial charge in [-0.3, -0.25) is 0 Å². The first kappa shape index (κ1) is 26.1. The number of hydrogen-bond acceptors (Lipinski definition) is 2. The van der Waals surface area contributed by atoms with Gasteiger partial charge in [-0.15, -0.1) is 0 Å². The topological polar surface area (TPSA) is 29.5 Å². The van der Waals surface area contributed by atoms with Crippen molar-refractivity contribution < 1.29 is 9.53 Å². The van der Waals surface area contributed by atoms with Gasteiger partial charge in [0.2, 0.25) is 0 Å². The average Bonchev–Trinajstić information content (AvgIpc) is 3.19. The molecule has 1 heterocycles. The van der Waals surface area contributed by atoms with E-state index in [0.717, 1.165) is 5.56 Å². The van der Waals surface area contributed by atoms with Gasteiger partial charge in [0.05, 0.1) is 0 Å². The zero-order valence-electron chi connectivity index (χ0n) is 21.2. The molecule has 2 aromatic rings. The minimum atomic E-state index is -2.48. The van der Waals surface area contributed by atoms with Gasteiger partial charge in [-0.2, -0.15) is 0 Å². The van der Waals surface area contributed by atoms with Crippen LogP contribution in [0.25, 0.3) is 0 Å². The van der Waals surface area contributed by atoms with Crippen LogP contribution in [0.15, 0.2) is 48.5 Å². The van der Waals surface area contributed by atoms with Crippen molar-refractivity contribution in [2.45, 2.75) is 98.7 Å². The fourth-order valence-electron chi connectivity index (χ4n) is 5.32. The molecule has 0 saturated carbocycles. The van der Waals surface area contributed by atoms with Gasteiger partial charge in [-0.25, -0.2) is 0 Å². The first-order chi connectivity index (χ1) is 16.0. The first-order valence-corrected chi connectivity index (χ1v) is 20.6. The zero-order valence-corrected chi connectivity index (χ0v) is 24.1. The predicted octanol–water partition coefficient (Wildman–Crippen LogP) is 7.96. The summed E-state index contributed by atoms with van der Waals surface area (Å²) in [4.78, 5) is 14.8. The standard InChI is InChI=1S/C17H16NO2.3C4H9.Sn/c1-13-16-10-6-5-9-15(16)11-18(13)17(19)20-12-14-7-3-2-4-8-14;3*1-3-4-2;/h2-5,7-10,13H,11-12H2,1H3;3*1,3-4H2,2H3;. The van der Waals surface area contributed by atoms with E-state index in [-0.39, 0.29) is 12.1 Å². The molecule has 0 radical (unpaired) electrons. The Morgan fingerprint density at radius 1 is 0.939 bits per heavy atom. The maximum absolute atomic E-state index is 12.9. The third kappa shape index (κ3) is 6.55. The number of benzene rings is 2. The molecule has 1 aliphatic rings. The zero-order chi connectivity index (χ0) is 23.7. The molecule has 3 rings (SSSR count). The number of fused-ring (bicyclic) bond motifs is 1. The molecule has 180 valence electrons. The van der Waals surface area contributed by atoms with E-state index in [1.54, 1.807) is 3.58 Å². The molecular formula is C29H43NO2Sn. The minimum absolute atomic E-state index is 0.0794. The Balaban J connectivity index is 1.79. The fraction of sp³-hybridized carbons (Fsp3) is 0.552. The second-order valence-electron chi connectivity index (χ2n) is 9.85. The molecule has 0 aromatic heterocycles. The molecular weight excluding hydrogens is 513 g/mol. The van der Waals surface area contributed by atoms with E-state index in [4.69, 9.17) is 4.74 Å². The Labute approximate surface area is 205 Å². The van der Waals surface area contributed by atoms with Gasteiger partial charge >= 0.3 is 206 Å². The predicted molar refractivity (Wildman–Crippen MR) is 142 cm³/mol. The van der Waals surface area contributed by atoms with Gasteiger partial charge in [0.25, 0.3) is 0 Å². The summed E-state index contributed by atoms with van der Waals surface area (Å²) < 4.78 is 11.8. The summed E-state index contributed by atoms with van der Waals surface area (Å²) in [5, 5.41) is 0. The van der Waals surface area contributed by atoms with Crippen molar-refractivity contribution in [1.82, 2.24) is 4.90 Å². The summed E-state index contributed by atoms with van der Waals surface area (Å²) in [5.41, 5.74) is 3.68. The Morgan fingerprint density at radius 2 is 1.55 bits per heavy atom. The fourth-order valence-corrected chi connectivity index (χ4v) is 21.3. The van der Waals surface area contributed by atoms with Crippen LogP contribution in [-0.2, 0) is 17.9 Å². The summed E-state index contributed by atoms with van der Waals surface area (Å²) in [6.07, 6.45) is 7.77. The monoisotopic (exact) mass is 557 g/mol. The van der Waals surface area contributed by atoms with Crippen LogP contribution < -0.4 is 3.58 Å². The number of amides is 1. The van der Waals surface area contributed by atoms with Crippen molar-refractivity contribution in [2.24, 2.45) is 0 Å². The molecule has 0 bridgehead atoms. The quantitative estimate of drug-likeness (QED) is 0.249. The molecule has 2 aromatic carbocycles.